The van der Waals surface area contributed by atoms with Crippen molar-refractivity contribution in [1.29, 1.82) is 0 Å². The molecular weight excluding hydrogens is 362 g/mol. The highest BCUT2D eigenvalue weighted by Crippen LogP contribution is 2.35. The van der Waals surface area contributed by atoms with E-state index in [2.05, 4.69) is 20.2 Å². The Morgan fingerprint density at radius 3 is 2.96 bits per heavy atom. The fraction of sp³-hybridized carbons (Fsp3) is 0.211. The molecule has 4 rings (SSSR count). The van der Waals surface area contributed by atoms with Gasteiger partial charge in [0.15, 0.2) is 5.13 Å². The topological polar surface area (TPSA) is 104 Å². The van der Waals surface area contributed by atoms with E-state index in [1.807, 2.05) is 36.7 Å². The molecule has 4 N–H and O–H groups in total. The normalized spacial score (nSPS) is 16.0. The average molecular weight is 381 g/mol. The van der Waals surface area contributed by atoms with E-state index in [9.17, 15) is 9.59 Å². The van der Waals surface area contributed by atoms with Gasteiger partial charge in [-0.1, -0.05) is 18.2 Å². The first-order chi connectivity index (χ1) is 13.0. The minimum atomic E-state index is -0.522. The molecule has 0 saturated heterocycles. The molecule has 27 heavy (non-hydrogen) atoms. The summed E-state index contributed by atoms with van der Waals surface area (Å²) in [4.78, 5) is 33.5. The molecule has 2 aromatic heterocycles. The number of H-pyrrole nitrogens is 1. The number of nitrogens with zero attached hydrogens (tertiary/aromatic N) is 2. The van der Waals surface area contributed by atoms with Gasteiger partial charge in [-0.15, -0.1) is 11.3 Å². The van der Waals surface area contributed by atoms with E-state index in [1.54, 1.807) is 12.3 Å². The second kappa shape index (κ2) is 6.88. The number of para-hydroxylation sites is 1. The van der Waals surface area contributed by atoms with Crippen molar-refractivity contribution in [3.8, 4) is 11.3 Å². The summed E-state index contributed by atoms with van der Waals surface area (Å²) >= 11 is 1.35. The minimum Gasteiger partial charge on any atom is -0.374 e. The van der Waals surface area contributed by atoms with Gasteiger partial charge in [0.25, 0.3) is 5.91 Å². The number of carbonyl (C=O) groups is 2. The van der Waals surface area contributed by atoms with Gasteiger partial charge in [-0.25, -0.2) is 4.98 Å². The maximum absolute atomic E-state index is 12.8. The number of carbonyl (C=O) groups excluding carboxylic acids is 2. The van der Waals surface area contributed by atoms with Crippen molar-refractivity contribution in [2.24, 2.45) is 5.73 Å². The fourth-order valence-electron chi connectivity index (χ4n) is 3.34. The number of aromatic amines is 1. The van der Waals surface area contributed by atoms with Gasteiger partial charge in [-0.3, -0.25) is 9.59 Å². The quantitative estimate of drug-likeness (QED) is 0.646. The molecule has 0 spiro atoms. The molecule has 138 valence electrons. The van der Waals surface area contributed by atoms with Crippen LogP contribution >= 0.6 is 11.3 Å². The van der Waals surface area contributed by atoms with Gasteiger partial charge in [0, 0.05) is 36.4 Å². The third-order valence-electron chi connectivity index (χ3n) is 4.77. The van der Waals surface area contributed by atoms with Gasteiger partial charge in [0.1, 0.15) is 5.69 Å². The number of thiazole rings is 1. The van der Waals surface area contributed by atoms with Crippen molar-refractivity contribution in [3.63, 3.8) is 0 Å². The van der Waals surface area contributed by atoms with Crippen LogP contribution in [0.5, 0.6) is 0 Å². The third-order valence-corrected chi connectivity index (χ3v) is 5.53. The molecule has 3 aromatic rings. The number of hydrogen-bond donors (Lipinski definition) is 3. The lowest BCUT2D eigenvalue weighted by atomic mass is 9.89. The SMILES string of the molecule is CN1CCC(C(=O)Nc2nc(-c3c[nH]c(C(N)=O)c3)cs2)c2ccccc21. The van der Waals surface area contributed by atoms with Crippen LogP contribution in [0.1, 0.15) is 28.4 Å². The Balaban J connectivity index is 1.52. The monoisotopic (exact) mass is 381 g/mol. The first kappa shape index (κ1) is 17.3. The van der Waals surface area contributed by atoms with Gasteiger partial charge in [-0.05, 0) is 24.1 Å². The summed E-state index contributed by atoms with van der Waals surface area (Å²) in [7, 11) is 2.04. The average Bonchev–Trinajstić information content (AvgIpc) is 3.31. The highest BCUT2D eigenvalue weighted by atomic mass is 32.1. The molecule has 1 aliphatic rings. The molecule has 2 amide bonds. The van der Waals surface area contributed by atoms with Crippen LogP contribution < -0.4 is 16.0 Å². The van der Waals surface area contributed by atoms with Crippen molar-refractivity contribution in [3.05, 3.63) is 53.2 Å². The van der Waals surface area contributed by atoms with Gasteiger partial charge >= 0.3 is 0 Å². The van der Waals surface area contributed by atoms with Crippen LogP contribution in [0.4, 0.5) is 10.8 Å². The van der Waals surface area contributed by atoms with E-state index in [4.69, 9.17) is 5.73 Å². The van der Waals surface area contributed by atoms with Gasteiger partial charge < -0.3 is 20.9 Å². The highest BCUT2D eigenvalue weighted by molar-refractivity contribution is 7.14. The fourth-order valence-corrected chi connectivity index (χ4v) is 4.06. The molecule has 7 nitrogen and oxygen atoms in total. The summed E-state index contributed by atoms with van der Waals surface area (Å²) in [5.74, 6) is -0.771. The van der Waals surface area contributed by atoms with Crippen LogP contribution in [-0.4, -0.2) is 35.4 Å². The first-order valence-electron chi connectivity index (χ1n) is 8.58. The van der Waals surface area contributed by atoms with Crippen LogP contribution in [0, 0.1) is 0 Å². The Morgan fingerprint density at radius 1 is 1.37 bits per heavy atom. The molecule has 0 radical (unpaired) electrons. The predicted octanol–water partition coefficient (Wildman–Crippen LogP) is 2.80. The summed E-state index contributed by atoms with van der Waals surface area (Å²) in [6.45, 7) is 0.831. The number of amides is 2. The van der Waals surface area contributed by atoms with Crippen LogP contribution in [0.3, 0.4) is 0 Å². The number of anilines is 2. The van der Waals surface area contributed by atoms with Gasteiger partial charge in [0.05, 0.1) is 11.6 Å². The second-order valence-electron chi connectivity index (χ2n) is 6.52. The maximum Gasteiger partial charge on any atom is 0.265 e. The molecule has 0 bridgehead atoms. The van der Waals surface area contributed by atoms with Gasteiger partial charge in [0.2, 0.25) is 5.91 Å². The summed E-state index contributed by atoms with van der Waals surface area (Å²) < 4.78 is 0. The number of aromatic nitrogens is 2. The Hall–Kier alpha value is -3.13. The molecular formula is C19H19N5O2S. The first-order valence-corrected chi connectivity index (χ1v) is 9.46. The molecule has 1 aromatic carbocycles. The number of rotatable bonds is 4. The molecule has 0 saturated carbocycles. The maximum atomic E-state index is 12.8. The molecule has 0 aliphatic carbocycles. The largest absolute Gasteiger partial charge is 0.374 e. The third kappa shape index (κ3) is 3.31. The van der Waals surface area contributed by atoms with Crippen molar-refractivity contribution < 1.29 is 9.59 Å². The van der Waals surface area contributed by atoms with Crippen LogP contribution in [-0.2, 0) is 4.79 Å². The van der Waals surface area contributed by atoms with Crippen molar-refractivity contribution in [1.82, 2.24) is 9.97 Å². The molecule has 3 heterocycles. The Labute approximate surface area is 160 Å². The van der Waals surface area contributed by atoms with Crippen molar-refractivity contribution in [2.45, 2.75) is 12.3 Å². The van der Waals surface area contributed by atoms with Crippen LogP contribution in [0.25, 0.3) is 11.3 Å². The molecule has 1 atom stereocenters. The van der Waals surface area contributed by atoms with Crippen molar-refractivity contribution >= 4 is 34.0 Å². The predicted molar refractivity (Wildman–Crippen MR) is 106 cm³/mol. The van der Waals surface area contributed by atoms with E-state index < -0.39 is 5.91 Å². The zero-order valence-electron chi connectivity index (χ0n) is 14.7. The number of hydrogen-bond acceptors (Lipinski definition) is 5. The zero-order valence-corrected chi connectivity index (χ0v) is 15.5. The lowest BCUT2D eigenvalue weighted by molar-refractivity contribution is -0.117. The molecule has 1 unspecified atom stereocenters. The lowest BCUT2D eigenvalue weighted by Crippen LogP contribution is -2.32. The van der Waals surface area contributed by atoms with Crippen LogP contribution in [0.2, 0.25) is 0 Å². The van der Waals surface area contributed by atoms with E-state index in [-0.39, 0.29) is 11.8 Å². The second-order valence-corrected chi connectivity index (χ2v) is 7.37. The summed E-state index contributed by atoms with van der Waals surface area (Å²) in [5.41, 5.74) is 9.15. The zero-order chi connectivity index (χ0) is 19.0. The number of fused-ring (bicyclic) bond motifs is 1. The van der Waals surface area contributed by atoms with E-state index in [0.717, 1.165) is 29.8 Å². The molecule has 8 heteroatoms. The number of nitrogens with two attached hydrogens (primary N) is 1. The summed E-state index contributed by atoms with van der Waals surface area (Å²) in [6, 6.07) is 9.64. The molecule has 1 aliphatic heterocycles. The highest BCUT2D eigenvalue weighted by Gasteiger charge is 2.29. The van der Waals surface area contributed by atoms with E-state index in [1.165, 1.54) is 11.3 Å². The van der Waals surface area contributed by atoms with E-state index >= 15 is 0 Å². The molecule has 0 fully saturated rings. The minimum absolute atomic E-state index is 0.0525. The Bertz CT molecular complexity index is 1010. The standard InChI is InChI=1S/C19H19N5O2S/c1-24-7-6-13(12-4-2-3-5-16(12)24)18(26)23-19-22-15(10-27-19)11-8-14(17(20)25)21-9-11/h2-5,8-10,13,21H,6-7H2,1H3,(H2,20,25)(H,22,23,26). The summed E-state index contributed by atoms with van der Waals surface area (Å²) in [5, 5.41) is 5.31. The smallest absolute Gasteiger partial charge is 0.265 e. The van der Waals surface area contributed by atoms with Crippen LogP contribution in [0.15, 0.2) is 41.9 Å². The Morgan fingerprint density at radius 2 is 2.19 bits per heavy atom. The summed E-state index contributed by atoms with van der Waals surface area (Å²) in [6.07, 6.45) is 2.44. The van der Waals surface area contributed by atoms with E-state index in [0.29, 0.717) is 16.5 Å². The Kier molecular flexibility index (Phi) is 4.41. The number of primary amides is 1. The van der Waals surface area contributed by atoms with Gasteiger partial charge in [-0.2, -0.15) is 0 Å². The lowest BCUT2D eigenvalue weighted by Gasteiger charge is -2.32. The number of nitrogens with one attached hydrogen (secondary N) is 2. The van der Waals surface area contributed by atoms with Crippen molar-refractivity contribution in [2.75, 3.05) is 23.8 Å². The number of benzene rings is 1.